The van der Waals surface area contributed by atoms with Crippen LogP contribution in [0.1, 0.15) is 0 Å². The minimum Gasteiger partial charge on any atom is -0.347 e. The van der Waals surface area contributed by atoms with Crippen molar-refractivity contribution in [2.45, 2.75) is 85.8 Å². The van der Waals surface area contributed by atoms with E-state index in [9.17, 15) is 124 Å². The van der Waals surface area contributed by atoms with Gasteiger partial charge in [-0.1, -0.05) is 0 Å². The molecule has 0 aliphatic carbocycles. The van der Waals surface area contributed by atoms with E-state index in [0.717, 1.165) is 0 Å². The third-order valence-electron chi connectivity index (χ3n) is 8.08. The third kappa shape index (κ3) is 28.3. The summed E-state index contributed by atoms with van der Waals surface area (Å²) < 4.78 is 421. The summed E-state index contributed by atoms with van der Waals surface area (Å²) in [5.74, 6) is 0. The van der Waals surface area contributed by atoms with Crippen LogP contribution in [0.4, 0.5) is 0 Å². The van der Waals surface area contributed by atoms with Crippen LogP contribution in [0, 0.1) is 0 Å². The average molecular weight is 1390 g/mol. The molecule has 77 heavy (non-hydrogen) atoms. The maximum atomic E-state index is 12.3. The van der Waals surface area contributed by atoms with Crippen molar-refractivity contribution >= 4 is 128 Å². The first kappa shape index (κ1) is 71.6. The fourth-order valence-corrected chi connectivity index (χ4v) is 11.2. The van der Waals surface area contributed by atoms with E-state index in [1.807, 2.05) is 0 Å². The van der Waals surface area contributed by atoms with E-state index in [0.29, 0.717) is 0 Å². The summed E-state index contributed by atoms with van der Waals surface area (Å²) in [6.07, 6.45) is -44.3. The van der Waals surface area contributed by atoms with E-state index < -0.39 is 240 Å². The summed E-state index contributed by atoms with van der Waals surface area (Å²) in [6, 6.07) is 0. The fourth-order valence-electron chi connectivity index (χ4n) is 5.92. The Balaban J connectivity index is 3.00. The monoisotopic (exact) mass is 1390 g/mol. The van der Waals surface area contributed by atoms with E-state index in [4.69, 9.17) is 28.1 Å². The topological polar surface area (TPSA) is 699 Å². The molecule has 0 bridgehead atoms. The van der Waals surface area contributed by atoms with E-state index in [-0.39, 0.29) is 0 Å². The van der Waals surface area contributed by atoms with Crippen molar-refractivity contribution in [3.05, 3.63) is 0 Å². The lowest BCUT2D eigenvalue weighted by molar-refractivity contribution is -0.293. The lowest BCUT2D eigenvalue weighted by Crippen LogP contribution is -2.63. The maximum Gasteiger partial charge on any atom is 0.397 e. The van der Waals surface area contributed by atoms with Gasteiger partial charge < -0.3 is 18.9 Å². The minimum atomic E-state index is -6.49. The minimum absolute atomic E-state index is 1.79. The quantitative estimate of drug-likeness (QED) is 0.0207. The van der Waals surface area contributed by atoms with Crippen molar-refractivity contribution in [3.8, 4) is 0 Å². The van der Waals surface area contributed by atoms with Crippen LogP contribution in [-0.4, -0.2) is 245 Å². The Morgan fingerprint density at radius 1 is 0.364 bits per heavy atom. The molecule has 59 heteroatoms. The van der Waals surface area contributed by atoms with Gasteiger partial charge in [-0.2, -0.15) is 58.9 Å². The van der Waals surface area contributed by atoms with Crippen LogP contribution < -0.4 is 0 Å². The first-order valence-corrected chi connectivity index (χ1v) is 32.8. The highest BCUT2D eigenvalue weighted by Gasteiger charge is 2.56. The fraction of sp³-hybridized carbons (Fsp3) is 1.00. The first-order chi connectivity index (χ1) is 34.6. The molecular formula is C18H34O47S12. The van der Waals surface area contributed by atoms with Gasteiger partial charge in [-0.15, -0.1) is 0 Å². The summed E-state index contributed by atoms with van der Waals surface area (Å²) >= 11 is 0. The second kappa shape index (κ2) is 29.1. The van der Waals surface area contributed by atoms with Crippen LogP contribution in [0.15, 0.2) is 0 Å². The second-order valence-corrected chi connectivity index (χ2v) is 23.9. The van der Waals surface area contributed by atoms with E-state index in [1.54, 1.807) is 0 Å². The predicted molar refractivity (Wildman–Crippen MR) is 222 cm³/mol. The third-order valence-corrected chi connectivity index (χ3v) is 13.4. The molecule has 2 heterocycles. The molecule has 0 aromatic rings. The Kier molecular flexibility index (Phi) is 27.1. The van der Waals surface area contributed by atoms with Gasteiger partial charge in [-0.05, 0) is 0 Å². The molecule has 2 fully saturated rings. The second-order valence-electron chi connectivity index (χ2n) is 13.2. The molecule has 47 nitrogen and oxygen atoms in total. The summed E-state index contributed by atoms with van der Waals surface area (Å²) in [5, 5.41) is 0. The number of rotatable bonds is 35. The highest BCUT2D eigenvalue weighted by Crippen LogP contribution is 2.34. The van der Waals surface area contributed by atoms with Gasteiger partial charge in [0.05, 0.1) is 26.4 Å². The molecule has 2 aliphatic rings. The zero-order chi connectivity index (χ0) is 59.6. The molecule has 0 aromatic heterocycles. The molecule has 0 aromatic carbocycles. The van der Waals surface area contributed by atoms with Gasteiger partial charge in [-0.25, -0.2) is 71.4 Å². The molecule has 2 saturated heterocycles. The van der Waals surface area contributed by atoms with Gasteiger partial charge in [-0.3, -0.25) is 52.8 Å². The van der Waals surface area contributed by atoms with Crippen LogP contribution in [0.25, 0.3) is 0 Å². The van der Waals surface area contributed by atoms with Crippen molar-refractivity contribution < 1.29 is 202 Å². The van der Waals surface area contributed by atoms with E-state index >= 15 is 0 Å². The van der Waals surface area contributed by atoms with Crippen molar-refractivity contribution in [2.24, 2.45) is 0 Å². The van der Waals surface area contributed by atoms with Crippen molar-refractivity contribution in [1.29, 1.82) is 0 Å². The summed E-state index contributed by atoms with van der Waals surface area (Å²) in [4.78, 5) is 0. The van der Waals surface area contributed by atoms with Gasteiger partial charge >= 0.3 is 72.8 Å². The molecule has 0 unspecified atom stereocenters. The molecule has 2 aliphatic heterocycles. The Hall–Kier alpha value is -1.52. The Morgan fingerprint density at radius 3 is 1.12 bits per heavy atom. The molecule has 7 N–H and O–H groups in total. The molecule has 0 saturated carbocycles. The normalized spacial score (nSPS) is 27.3. The molecule has 2 rings (SSSR count). The number of ether oxygens (including phenoxy) is 4. The summed E-state index contributed by atoms with van der Waals surface area (Å²) in [7, 11) is -65.6. The van der Waals surface area contributed by atoms with Gasteiger partial charge in [0.25, 0.3) is 54.9 Å². The first-order valence-electron chi connectivity index (χ1n) is 17.7. The van der Waals surface area contributed by atoms with Crippen LogP contribution in [0.3, 0.4) is 0 Å². The van der Waals surface area contributed by atoms with Crippen LogP contribution in [0.2, 0.25) is 0 Å². The van der Waals surface area contributed by atoms with Crippen LogP contribution >= 0.6 is 0 Å². The zero-order valence-electron chi connectivity index (χ0n) is 35.5. The number of thiol groups is 5. The smallest absolute Gasteiger partial charge is 0.347 e. The molecular weight excluding hydrogens is 1350 g/mol. The number of hydrogen-bond acceptors (Lipinski definition) is 40. The van der Waals surface area contributed by atoms with Crippen molar-refractivity contribution in [1.82, 2.24) is 0 Å². The van der Waals surface area contributed by atoms with Crippen molar-refractivity contribution in [3.63, 3.8) is 0 Å². The summed E-state index contributed by atoms with van der Waals surface area (Å²) in [6.45, 7) is -8.16. The average Bonchev–Trinajstić information content (AvgIpc) is 3.18. The lowest BCUT2D eigenvalue weighted by atomic mass is 9.99. The van der Waals surface area contributed by atoms with Crippen LogP contribution in [0.5, 0.6) is 0 Å². The van der Waals surface area contributed by atoms with Crippen molar-refractivity contribution in [2.75, 3.05) is 26.4 Å². The van der Waals surface area contributed by atoms with E-state index in [2.05, 4.69) is 50.2 Å². The Labute approximate surface area is 439 Å². The van der Waals surface area contributed by atoms with Gasteiger partial charge in [0.15, 0.2) is 24.8 Å². The number of hydrogen-bond donors (Lipinski definition) is 12. The SMILES string of the molecule is O=[SH](=O)O[C@@H]1[C@@H](OS(=O)(=O)O)[C@H](OC[C@H](O[SH](=O)=O)[C@@H](O[SH](=O)=O)[C@@H](OS(=O)(=O)O)[C@@H](CO[C@@H]2O[C@H](COS(=O)(=O)O)[C@@H](OS(=O)(=O)O)[C@H](OS(=O)(=O)O)[C@H]2O[SH](=O)=O)OS(=O)(=O)O)O[C@H](COS(=O)(=O)O)[C@H]1O[SH](=O)=O. The van der Waals surface area contributed by atoms with Crippen LogP contribution in [-0.2, 0) is 197 Å². The molecule has 0 amide bonds. The van der Waals surface area contributed by atoms with Gasteiger partial charge in [0.1, 0.15) is 61.0 Å². The summed E-state index contributed by atoms with van der Waals surface area (Å²) in [5.41, 5.74) is 0. The molecule has 14 atom stereocenters. The molecule has 0 radical (unpaired) electrons. The highest BCUT2D eigenvalue weighted by molar-refractivity contribution is 7.82. The lowest BCUT2D eigenvalue weighted by Gasteiger charge is -2.43. The highest BCUT2D eigenvalue weighted by atomic mass is 32.3. The molecule has 460 valence electrons. The largest absolute Gasteiger partial charge is 0.397 e. The Morgan fingerprint density at radius 2 is 0.727 bits per heavy atom. The van der Waals surface area contributed by atoms with Gasteiger partial charge in [0.2, 0.25) is 0 Å². The zero-order valence-corrected chi connectivity index (χ0v) is 45.7. The standard InChI is InChI=1S/C18H34O47S12/c19-66(20)56-7(1-50-18-16(65-77(47,48)49)13(59-69(25)26)9(57-67(21)22)5(54-18)3-52-71(29,30)31)10(58-68(23)24)12(63-75(41,42)43)8(61-73(35,36)37)2-51-17-15(60-70(27)28)14(64-76(44,45)46)11(62-74(38,39)40)6(55-17)4-53-72(32,33)34/h5-18,66-70H,1-4H2,(H,29,30,31)(H,32,33,34)(H,35,36,37)(H,38,39,40)(H,41,42,43)(H,44,45,46)(H,47,48,49)/t5-,6-,7+,8-,9-,10-,11-,12+,13+,14+,15-,16-,17-,18-/m1/s1. The molecule has 0 spiro atoms. The predicted octanol–water partition coefficient (Wildman–Crippen LogP) is -11.4. The van der Waals surface area contributed by atoms with Gasteiger partial charge in [0, 0.05) is 0 Å². The van der Waals surface area contributed by atoms with E-state index in [1.165, 1.54) is 0 Å². The maximum absolute atomic E-state index is 12.3. The Bertz CT molecular complexity index is 3200.